The number of carbonyl (C=O) groups excluding carboxylic acids is 2. The number of unbranched alkanes of at least 4 members (excludes halogenated alkanes) is 1. The Hall–Kier alpha value is -2.18. The number of rotatable bonds is 11. The fraction of sp³-hybridized carbons (Fsp3) is 0.391. The molecule has 1 unspecified atom stereocenters. The molecule has 0 bridgehead atoms. The van der Waals surface area contributed by atoms with E-state index < -0.39 is 6.04 Å². The normalized spacial score (nSPS) is 11.7. The highest BCUT2D eigenvalue weighted by Gasteiger charge is 2.31. The number of amides is 2. The summed E-state index contributed by atoms with van der Waals surface area (Å²) < 4.78 is 0.929. The fourth-order valence-corrected chi connectivity index (χ4v) is 3.42. The molecule has 5 nitrogen and oxygen atoms in total. The van der Waals surface area contributed by atoms with Crippen molar-refractivity contribution in [2.45, 2.75) is 45.2 Å². The Morgan fingerprint density at radius 3 is 2.38 bits per heavy atom. The monoisotopic (exact) mass is 459 g/mol. The molecule has 3 N–H and O–H groups in total. The molecule has 2 amide bonds. The first kappa shape index (κ1) is 23.1. The molecule has 0 spiro atoms. The molecule has 0 radical (unpaired) electrons. The number of hydrogen-bond donors (Lipinski definition) is 2. The molecule has 0 saturated carbocycles. The molecule has 6 heteroatoms. The molecule has 0 aromatic heterocycles. The van der Waals surface area contributed by atoms with Crippen molar-refractivity contribution >= 4 is 27.7 Å². The maximum atomic E-state index is 13.2. The highest BCUT2D eigenvalue weighted by Crippen LogP contribution is 2.26. The van der Waals surface area contributed by atoms with Crippen LogP contribution in [0, 0.1) is 0 Å². The lowest BCUT2D eigenvalue weighted by molar-refractivity contribution is -0.141. The minimum atomic E-state index is -0.680. The molecule has 0 fully saturated rings. The van der Waals surface area contributed by atoms with Gasteiger partial charge in [-0.3, -0.25) is 9.59 Å². The van der Waals surface area contributed by atoms with Gasteiger partial charge >= 0.3 is 0 Å². The summed E-state index contributed by atoms with van der Waals surface area (Å²) in [6, 6.07) is 16.7. The van der Waals surface area contributed by atoms with Gasteiger partial charge in [0.05, 0.1) is 0 Å². The van der Waals surface area contributed by atoms with Crippen molar-refractivity contribution in [3.8, 4) is 0 Å². The number of benzene rings is 2. The average molecular weight is 460 g/mol. The first-order valence-electron chi connectivity index (χ1n) is 10.1. The molecule has 156 valence electrons. The van der Waals surface area contributed by atoms with Crippen molar-refractivity contribution in [1.82, 2.24) is 10.2 Å². The Morgan fingerprint density at radius 1 is 1.07 bits per heavy atom. The lowest BCUT2D eigenvalue weighted by Crippen LogP contribution is -2.43. The summed E-state index contributed by atoms with van der Waals surface area (Å²) in [7, 11) is 0. The van der Waals surface area contributed by atoms with Crippen LogP contribution < -0.4 is 11.1 Å². The van der Waals surface area contributed by atoms with Gasteiger partial charge in [-0.2, -0.15) is 0 Å². The summed E-state index contributed by atoms with van der Waals surface area (Å²) in [4.78, 5) is 27.9. The zero-order valence-electron chi connectivity index (χ0n) is 16.9. The Bertz CT molecular complexity index is 765. The van der Waals surface area contributed by atoms with Crippen molar-refractivity contribution < 1.29 is 9.59 Å². The number of nitrogens with zero attached hydrogens (tertiary/aromatic N) is 1. The van der Waals surface area contributed by atoms with Gasteiger partial charge in [-0.15, -0.1) is 0 Å². The third-order valence-corrected chi connectivity index (χ3v) is 5.18. The van der Waals surface area contributed by atoms with E-state index in [4.69, 9.17) is 5.73 Å². The molecule has 0 aliphatic carbocycles. The van der Waals surface area contributed by atoms with Gasteiger partial charge in [0.2, 0.25) is 11.8 Å². The highest BCUT2D eigenvalue weighted by atomic mass is 79.9. The van der Waals surface area contributed by atoms with Crippen molar-refractivity contribution in [3.05, 3.63) is 70.2 Å². The maximum absolute atomic E-state index is 13.2. The first-order chi connectivity index (χ1) is 14.1. The van der Waals surface area contributed by atoms with Gasteiger partial charge in [-0.05, 0) is 49.1 Å². The second-order valence-electron chi connectivity index (χ2n) is 7.00. The van der Waals surface area contributed by atoms with E-state index in [-0.39, 0.29) is 11.8 Å². The van der Waals surface area contributed by atoms with Gasteiger partial charge < -0.3 is 16.0 Å². The maximum Gasteiger partial charge on any atom is 0.247 e. The number of nitrogens with two attached hydrogens (primary N) is 1. The van der Waals surface area contributed by atoms with E-state index in [9.17, 15) is 9.59 Å². The molecule has 2 aromatic carbocycles. The molecular weight excluding hydrogens is 430 g/mol. The van der Waals surface area contributed by atoms with Crippen LogP contribution >= 0.6 is 15.9 Å². The number of halogens is 1. The number of nitrogens with one attached hydrogen (secondary N) is 1. The molecule has 0 aliphatic heterocycles. The SMILES string of the molecule is CCCC(=O)N(Cc1ccccc1)C(C(=O)NCCCCN)c1ccc(Br)cc1. The Balaban J connectivity index is 2.34. The van der Waals surface area contributed by atoms with Crippen LogP contribution in [0.5, 0.6) is 0 Å². The molecule has 1 atom stereocenters. The Morgan fingerprint density at radius 2 is 1.76 bits per heavy atom. The molecule has 0 aliphatic rings. The second kappa shape index (κ2) is 12.4. The van der Waals surface area contributed by atoms with E-state index in [1.54, 1.807) is 4.90 Å². The minimum Gasteiger partial charge on any atom is -0.354 e. The smallest absolute Gasteiger partial charge is 0.247 e. The van der Waals surface area contributed by atoms with E-state index in [1.807, 2.05) is 61.5 Å². The van der Waals surface area contributed by atoms with E-state index in [1.165, 1.54) is 0 Å². The van der Waals surface area contributed by atoms with Crippen molar-refractivity contribution in [3.63, 3.8) is 0 Å². The molecule has 2 rings (SSSR count). The van der Waals surface area contributed by atoms with Gasteiger partial charge in [0.15, 0.2) is 0 Å². The third-order valence-electron chi connectivity index (χ3n) is 4.66. The minimum absolute atomic E-state index is 0.0265. The van der Waals surface area contributed by atoms with Crippen molar-refractivity contribution in [1.29, 1.82) is 0 Å². The highest BCUT2D eigenvalue weighted by molar-refractivity contribution is 9.10. The van der Waals surface area contributed by atoms with Gasteiger partial charge in [-0.1, -0.05) is 65.3 Å². The summed E-state index contributed by atoms with van der Waals surface area (Å²) in [5.74, 6) is -0.189. The lowest BCUT2D eigenvalue weighted by atomic mass is 10.0. The van der Waals surface area contributed by atoms with Gasteiger partial charge in [0, 0.05) is 24.0 Å². The zero-order valence-corrected chi connectivity index (χ0v) is 18.5. The predicted octanol–water partition coefficient (Wildman–Crippen LogP) is 4.17. The second-order valence-corrected chi connectivity index (χ2v) is 7.91. The predicted molar refractivity (Wildman–Crippen MR) is 120 cm³/mol. The van der Waals surface area contributed by atoms with E-state index in [0.717, 1.165) is 34.9 Å². The largest absolute Gasteiger partial charge is 0.354 e. The van der Waals surface area contributed by atoms with Crippen LogP contribution in [0.1, 0.15) is 49.8 Å². The van der Waals surface area contributed by atoms with Crippen LogP contribution in [-0.2, 0) is 16.1 Å². The molecular formula is C23H30BrN3O2. The summed E-state index contributed by atoms with van der Waals surface area (Å²) in [5, 5.41) is 2.99. The van der Waals surface area contributed by atoms with E-state index in [2.05, 4.69) is 21.2 Å². The summed E-state index contributed by atoms with van der Waals surface area (Å²) in [5.41, 5.74) is 7.34. The quantitative estimate of drug-likeness (QED) is 0.494. The molecule has 29 heavy (non-hydrogen) atoms. The molecule has 0 saturated heterocycles. The zero-order chi connectivity index (χ0) is 21.1. The van der Waals surface area contributed by atoms with Gasteiger partial charge in [-0.25, -0.2) is 0 Å². The van der Waals surface area contributed by atoms with Crippen LogP contribution in [0.15, 0.2) is 59.1 Å². The fourth-order valence-electron chi connectivity index (χ4n) is 3.16. The Kier molecular flexibility index (Phi) is 9.88. The van der Waals surface area contributed by atoms with Crippen LogP contribution in [-0.4, -0.2) is 29.8 Å². The lowest BCUT2D eigenvalue weighted by Gasteiger charge is -2.31. The van der Waals surface area contributed by atoms with E-state index >= 15 is 0 Å². The van der Waals surface area contributed by atoms with Crippen molar-refractivity contribution in [2.24, 2.45) is 5.73 Å². The summed E-state index contributed by atoms with van der Waals surface area (Å²) in [6.07, 6.45) is 2.80. The standard InChI is InChI=1S/C23H30BrN3O2/c1-2-8-21(28)27(17-18-9-4-3-5-10-18)22(19-11-13-20(24)14-12-19)23(29)26-16-7-6-15-25/h3-5,9-14,22H,2,6-8,15-17,25H2,1H3,(H,26,29). The third kappa shape index (κ3) is 7.29. The summed E-state index contributed by atoms with van der Waals surface area (Å²) >= 11 is 3.44. The van der Waals surface area contributed by atoms with E-state index in [0.29, 0.717) is 26.1 Å². The molecule has 0 heterocycles. The van der Waals surface area contributed by atoms with Crippen LogP contribution in [0.2, 0.25) is 0 Å². The molecule has 2 aromatic rings. The summed E-state index contributed by atoms with van der Waals surface area (Å²) in [6.45, 7) is 3.50. The first-order valence-corrected chi connectivity index (χ1v) is 10.9. The topological polar surface area (TPSA) is 75.4 Å². The van der Waals surface area contributed by atoms with Gasteiger partial charge in [0.1, 0.15) is 6.04 Å². The number of hydrogen-bond acceptors (Lipinski definition) is 3. The Labute approximate surface area is 181 Å². The van der Waals surface area contributed by atoms with Crippen molar-refractivity contribution in [2.75, 3.05) is 13.1 Å². The van der Waals surface area contributed by atoms with Crippen LogP contribution in [0.3, 0.4) is 0 Å². The van der Waals surface area contributed by atoms with Gasteiger partial charge in [0.25, 0.3) is 0 Å². The van der Waals surface area contributed by atoms with Crippen LogP contribution in [0.25, 0.3) is 0 Å². The van der Waals surface area contributed by atoms with Crippen LogP contribution in [0.4, 0.5) is 0 Å². The average Bonchev–Trinajstić information content (AvgIpc) is 2.73. The number of carbonyl (C=O) groups is 2.